The molecule has 0 saturated carbocycles. The molecule has 0 aliphatic carbocycles. The number of fused-ring (bicyclic) bond motifs is 2. The van der Waals surface area contributed by atoms with Crippen molar-refractivity contribution in [2.24, 2.45) is 0 Å². The van der Waals surface area contributed by atoms with Crippen LogP contribution in [0.5, 0.6) is 0 Å². The fourth-order valence-corrected chi connectivity index (χ4v) is 3.19. The Morgan fingerprint density at radius 1 is 0.619 bits per heavy atom. The van der Waals surface area contributed by atoms with Crippen LogP contribution < -0.4 is 0 Å². The van der Waals surface area contributed by atoms with E-state index in [0.29, 0.717) is 0 Å². The lowest BCUT2D eigenvalue weighted by Crippen LogP contribution is -1.99. The summed E-state index contributed by atoms with van der Waals surface area (Å²) in [5.74, 6) is 0. The van der Waals surface area contributed by atoms with E-state index in [1.54, 1.807) is 0 Å². The van der Waals surface area contributed by atoms with Crippen LogP contribution in [0.1, 0.15) is 11.4 Å². The normalized spacial score (nSPS) is 11.3. The highest BCUT2D eigenvalue weighted by molar-refractivity contribution is 6.01. The first-order valence-electron chi connectivity index (χ1n) is 7.31. The molecule has 0 aliphatic heterocycles. The molecule has 0 fully saturated rings. The van der Waals surface area contributed by atoms with E-state index in [1.165, 1.54) is 38.6 Å². The highest BCUT2D eigenvalue weighted by Crippen LogP contribution is 2.29. The predicted octanol–water partition coefficient (Wildman–Crippen LogP) is 5.40. The van der Waals surface area contributed by atoms with Gasteiger partial charge in [-0.3, -0.25) is 0 Å². The van der Waals surface area contributed by atoms with Gasteiger partial charge in [-0.05, 0) is 60.3 Å². The maximum absolute atomic E-state index is 2.33. The average molecular weight is 271 g/mol. The predicted molar refractivity (Wildman–Crippen MR) is 90.3 cm³/mol. The number of aromatic nitrogens is 1. The highest BCUT2D eigenvalue weighted by Gasteiger charge is 2.08. The molecular weight excluding hydrogens is 254 g/mol. The molecule has 1 heteroatoms. The maximum atomic E-state index is 2.33. The van der Waals surface area contributed by atoms with Gasteiger partial charge in [-0.15, -0.1) is 0 Å². The zero-order valence-corrected chi connectivity index (χ0v) is 12.3. The minimum atomic E-state index is 1.26. The molecule has 0 aliphatic rings. The molecule has 0 N–H and O–H groups in total. The van der Waals surface area contributed by atoms with Gasteiger partial charge in [-0.1, -0.05) is 36.4 Å². The van der Waals surface area contributed by atoms with Crippen LogP contribution in [-0.4, -0.2) is 4.57 Å². The Balaban J connectivity index is 2.12. The summed E-state index contributed by atoms with van der Waals surface area (Å²) in [5, 5.41) is 5.18. The monoisotopic (exact) mass is 271 g/mol. The van der Waals surface area contributed by atoms with E-state index in [9.17, 15) is 0 Å². The first kappa shape index (κ1) is 12.2. The Hall–Kier alpha value is -2.54. The van der Waals surface area contributed by atoms with Crippen molar-refractivity contribution in [3.05, 3.63) is 78.1 Å². The summed E-state index contributed by atoms with van der Waals surface area (Å²) >= 11 is 0. The summed E-state index contributed by atoms with van der Waals surface area (Å²) in [4.78, 5) is 0. The number of nitrogens with zero attached hydrogens (tertiary/aromatic N) is 1. The van der Waals surface area contributed by atoms with Crippen LogP contribution in [0, 0.1) is 13.8 Å². The van der Waals surface area contributed by atoms with Gasteiger partial charge < -0.3 is 4.57 Å². The van der Waals surface area contributed by atoms with Crippen LogP contribution in [0.15, 0.2) is 66.7 Å². The van der Waals surface area contributed by atoms with Crippen LogP contribution in [0.4, 0.5) is 0 Å². The molecule has 1 nitrogen and oxygen atoms in total. The molecule has 0 amide bonds. The summed E-state index contributed by atoms with van der Waals surface area (Å²) in [7, 11) is 0. The number of hydrogen-bond acceptors (Lipinski definition) is 0. The molecule has 21 heavy (non-hydrogen) atoms. The van der Waals surface area contributed by atoms with Gasteiger partial charge in [-0.25, -0.2) is 0 Å². The molecule has 0 spiro atoms. The minimum absolute atomic E-state index is 1.26. The van der Waals surface area contributed by atoms with Crippen LogP contribution in [0.2, 0.25) is 0 Å². The number of hydrogen-bond donors (Lipinski definition) is 0. The average Bonchev–Trinajstić information content (AvgIpc) is 2.84. The SMILES string of the molecule is Cc1ccc(C)n1-c1cccc2cc3ccccc3cc12. The zero-order chi connectivity index (χ0) is 14.4. The van der Waals surface area contributed by atoms with E-state index in [4.69, 9.17) is 0 Å². The quantitative estimate of drug-likeness (QED) is 0.408. The van der Waals surface area contributed by atoms with Gasteiger partial charge in [0.15, 0.2) is 0 Å². The number of benzene rings is 3. The summed E-state index contributed by atoms with van der Waals surface area (Å²) in [6.45, 7) is 4.32. The lowest BCUT2D eigenvalue weighted by molar-refractivity contribution is 0.975. The van der Waals surface area contributed by atoms with Crippen molar-refractivity contribution in [1.82, 2.24) is 4.57 Å². The van der Waals surface area contributed by atoms with Gasteiger partial charge in [0, 0.05) is 16.8 Å². The second-order valence-electron chi connectivity index (χ2n) is 5.65. The Labute approximate surface area is 124 Å². The zero-order valence-electron chi connectivity index (χ0n) is 12.3. The van der Waals surface area contributed by atoms with E-state index < -0.39 is 0 Å². The van der Waals surface area contributed by atoms with Gasteiger partial charge in [-0.2, -0.15) is 0 Å². The Bertz CT molecular complexity index is 941. The van der Waals surface area contributed by atoms with Crippen molar-refractivity contribution in [3.63, 3.8) is 0 Å². The van der Waals surface area contributed by atoms with Crippen molar-refractivity contribution < 1.29 is 0 Å². The third-order valence-corrected chi connectivity index (χ3v) is 4.24. The standard InChI is InChI=1S/C20H17N/c1-14-10-11-15(2)21(14)20-9-5-8-18-12-16-6-3-4-7-17(16)13-19(18)20/h3-13H,1-2H3. The lowest BCUT2D eigenvalue weighted by atomic mass is 10.0. The first-order valence-corrected chi connectivity index (χ1v) is 7.31. The number of rotatable bonds is 1. The van der Waals surface area contributed by atoms with Crippen LogP contribution in [0.25, 0.3) is 27.2 Å². The lowest BCUT2D eigenvalue weighted by Gasteiger charge is -2.13. The fourth-order valence-electron chi connectivity index (χ4n) is 3.19. The molecule has 3 aromatic carbocycles. The molecule has 0 saturated heterocycles. The van der Waals surface area contributed by atoms with Crippen molar-refractivity contribution in [3.8, 4) is 5.69 Å². The Morgan fingerprint density at radius 3 is 1.95 bits per heavy atom. The molecule has 1 aromatic heterocycles. The van der Waals surface area contributed by atoms with Crippen molar-refractivity contribution >= 4 is 21.5 Å². The van der Waals surface area contributed by atoms with E-state index in [2.05, 4.69) is 85.1 Å². The van der Waals surface area contributed by atoms with E-state index in [0.717, 1.165) is 0 Å². The van der Waals surface area contributed by atoms with Crippen molar-refractivity contribution in [2.45, 2.75) is 13.8 Å². The molecule has 4 aromatic rings. The van der Waals surface area contributed by atoms with Gasteiger partial charge in [0.25, 0.3) is 0 Å². The summed E-state index contributed by atoms with van der Waals surface area (Å²) in [6, 6.07) is 24.0. The molecule has 0 atom stereocenters. The smallest absolute Gasteiger partial charge is 0.0533 e. The molecule has 0 bridgehead atoms. The van der Waals surface area contributed by atoms with Crippen LogP contribution in [0.3, 0.4) is 0 Å². The summed E-state index contributed by atoms with van der Waals surface area (Å²) < 4.78 is 2.33. The minimum Gasteiger partial charge on any atom is -0.318 e. The van der Waals surface area contributed by atoms with Crippen molar-refractivity contribution in [1.29, 1.82) is 0 Å². The third kappa shape index (κ3) is 1.85. The van der Waals surface area contributed by atoms with Gasteiger partial charge >= 0.3 is 0 Å². The fraction of sp³-hybridized carbons (Fsp3) is 0.100. The van der Waals surface area contributed by atoms with E-state index in [-0.39, 0.29) is 0 Å². The Morgan fingerprint density at radius 2 is 1.24 bits per heavy atom. The molecule has 4 rings (SSSR count). The van der Waals surface area contributed by atoms with Crippen LogP contribution >= 0.6 is 0 Å². The molecule has 102 valence electrons. The molecular formula is C20H17N. The topological polar surface area (TPSA) is 4.93 Å². The molecule has 0 radical (unpaired) electrons. The number of aryl methyl sites for hydroxylation is 2. The maximum Gasteiger partial charge on any atom is 0.0533 e. The Kier molecular flexibility index (Phi) is 2.61. The van der Waals surface area contributed by atoms with E-state index >= 15 is 0 Å². The second kappa shape index (κ2) is 4.49. The molecule has 1 heterocycles. The molecule has 0 unspecified atom stereocenters. The highest BCUT2D eigenvalue weighted by atomic mass is 15.0. The van der Waals surface area contributed by atoms with Gasteiger partial charge in [0.2, 0.25) is 0 Å². The second-order valence-corrected chi connectivity index (χ2v) is 5.65. The third-order valence-electron chi connectivity index (χ3n) is 4.24. The first-order chi connectivity index (χ1) is 10.2. The summed E-state index contributed by atoms with van der Waals surface area (Å²) in [6.07, 6.45) is 0. The van der Waals surface area contributed by atoms with Crippen LogP contribution in [-0.2, 0) is 0 Å². The van der Waals surface area contributed by atoms with Gasteiger partial charge in [0.1, 0.15) is 0 Å². The largest absolute Gasteiger partial charge is 0.318 e. The van der Waals surface area contributed by atoms with Crippen molar-refractivity contribution in [2.75, 3.05) is 0 Å². The van der Waals surface area contributed by atoms with Gasteiger partial charge in [0.05, 0.1) is 5.69 Å². The van der Waals surface area contributed by atoms with E-state index in [1.807, 2.05) is 0 Å². The summed E-state index contributed by atoms with van der Waals surface area (Å²) in [5.41, 5.74) is 3.81.